The van der Waals surface area contributed by atoms with Crippen molar-refractivity contribution in [3.8, 4) is 0 Å². The molecule has 2 saturated heterocycles. The van der Waals surface area contributed by atoms with E-state index < -0.39 is 186 Å². The zero-order valence-corrected chi connectivity index (χ0v) is 65.9. The van der Waals surface area contributed by atoms with Crippen molar-refractivity contribution in [1.29, 1.82) is 0 Å². The van der Waals surface area contributed by atoms with Crippen LogP contribution >= 0.6 is 23.2 Å². The summed E-state index contributed by atoms with van der Waals surface area (Å²) in [7, 11) is 9.96. The van der Waals surface area contributed by atoms with Gasteiger partial charge in [-0.1, -0.05) is 66.0 Å². The van der Waals surface area contributed by atoms with E-state index in [9.17, 15) is 41.9 Å². The second-order valence-corrected chi connectivity index (χ2v) is 33.1. The van der Waals surface area contributed by atoms with Gasteiger partial charge in [-0.15, -0.1) is 23.2 Å². The van der Waals surface area contributed by atoms with Gasteiger partial charge in [0, 0.05) is 87.4 Å². The first-order valence-electron chi connectivity index (χ1n) is 38.3. The number of halogens is 5. The Labute approximate surface area is 629 Å². The fourth-order valence-electron chi connectivity index (χ4n) is 17.3. The highest BCUT2D eigenvalue weighted by Gasteiger charge is 2.59. The van der Waals surface area contributed by atoms with E-state index in [1.807, 2.05) is 20.8 Å². The highest BCUT2D eigenvalue weighted by Crippen LogP contribution is 2.50. The maximum Gasteiger partial charge on any atom is 0.391 e. The maximum atomic E-state index is 15.8. The Bertz CT molecular complexity index is 3140. The predicted molar refractivity (Wildman–Crippen MR) is 390 cm³/mol. The number of alkyl halides is 5. The van der Waals surface area contributed by atoms with Gasteiger partial charge < -0.3 is 64.8 Å². The fraction of sp³-hybridized carbons (Fsp3) is 0.813. The maximum absolute atomic E-state index is 15.8. The number of nitrogens with one attached hydrogen (secondary N) is 3. The average molecular weight is 1520 g/mol. The number of rotatable bonds is 13. The Kier molecular flexibility index (Phi) is 30.5. The molecule has 3 aliphatic heterocycles. The van der Waals surface area contributed by atoms with Gasteiger partial charge >= 0.3 is 6.18 Å². The van der Waals surface area contributed by atoms with Gasteiger partial charge in [-0.3, -0.25) is 57.5 Å². The largest absolute Gasteiger partial charge is 0.391 e. The Hall–Kier alpha value is -6.29. The summed E-state index contributed by atoms with van der Waals surface area (Å²) in [6.07, 6.45) is 3.13. The van der Waals surface area contributed by atoms with E-state index in [2.05, 4.69) is 16.0 Å². The molecule has 30 heteroatoms. The summed E-state index contributed by atoms with van der Waals surface area (Å²) in [5.74, 6) is -11.1. The van der Waals surface area contributed by atoms with Crippen molar-refractivity contribution in [2.24, 2.45) is 35.0 Å². The first-order valence-corrected chi connectivity index (χ1v) is 39.2. The van der Waals surface area contributed by atoms with Crippen LogP contribution < -0.4 is 16.0 Å². The normalized spacial score (nSPS) is 32.1. The van der Waals surface area contributed by atoms with E-state index in [0.29, 0.717) is 44.9 Å². The van der Waals surface area contributed by atoms with Crippen molar-refractivity contribution in [2.75, 3.05) is 88.7 Å². The van der Waals surface area contributed by atoms with Crippen molar-refractivity contribution >= 4 is 94.1 Å². The van der Waals surface area contributed by atoms with Crippen LogP contribution in [0.2, 0.25) is 0 Å². The number of fused-ring (bicyclic) bond motifs is 3. The van der Waals surface area contributed by atoms with Crippen LogP contribution in [0, 0.1) is 35.0 Å². The highest BCUT2D eigenvalue weighted by molar-refractivity contribution is 6.30. The predicted octanol–water partition coefficient (Wildman–Crippen LogP) is 6.49. The van der Waals surface area contributed by atoms with Gasteiger partial charge in [0.2, 0.25) is 70.9 Å². The van der Waals surface area contributed by atoms with E-state index in [4.69, 9.17) is 27.9 Å². The van der Waals surface area contributed by atoms with Crippen molar-refractivity contribution in [1.82, 2.24) is 60.0 Å². The SMILES string of the molecule is CCO[C@@H]1C[C@H]2C(=O)NC3(CC(C)(C)C3)C(=O)N(C)[C@@H](C3CCCC3)C(=O)N(C)[C@H](C(=O)N(C)CC)CC(=O)N(C)[C@@H](CC)C(=O)N[C@@H]([C@@H](C)CC)C(=O)N(C)CC(=O)N(C)[C@H]3C/C=C\CCN(C3=O)[C@@H](CC3CCC(C(F)(F)F)CC3)C(=O)N(C)CC(=O)N[C@@H](CCC3CCC(Cl)C(Cl)C3)C(=O)N2C1. The van der Waals surface area contributed by atoms with Crippen molar-refractivity contribution in [2.45, 2.75) is 267 Å². The molecule has 3 unspecified atom stereocenters. The summed E-state index contributed by atoms with van der Waals surface area (Å²) < 4.78 is 48.5. The van der Waals surface area contributed by atoms with Crippen molar-refractivity contribution in [3.05, 3.63) is 12.2 Å². The zero-order chi connectivity index (χ0) is 77.9. The molecule has 0 aromatic heterocycles. The summed E-state index contributed by atoms with van der Waals surface area (Å²) in [6, 6.07) is -10.3. The van der Waals surface area contributed by atoms with Gasteiger partial charge in [-0.2, -0.15) is 13.2 Å². The highest BCUT2D eigenvalue weighted by atomic mass is 35.5. The number of carbonyl (C=O) groups excluding carboxylic acids is 12. The van der Waals surface area contributed by atoms with Crippen LogP contribution in [0.3, 0.4) is 0 Å². The standard InChI is InChI=1S/C75H119Cl2F3N12O13/c1-15-45(5)62-70(102)86(10)42-61(95)88(12)55-26-20-19-23-35-91(69(55)101)58(37-47-27-31-49(32-28-47)75(78,79)80)68(100)85(9)41-59(93)81-53(34-30-46-29-33-51(76)52(77)36-46)66(98)92-40-50(105-18-4)38-56(92)65(97)83-74(43-73(6,7)44-74)72(104)90(14)63(48-24-21-22-25-48)71(103)89(13)57(67(99)84(8)17-3)39-60(94)87(11)54(16-2)64(96)82-62/h19-20,45-58,62-63H,15-18,21-44H2,1-14H3,(H,81,93)(H,82,96)(H,83,97)/b20-19-/t45-,46?,47?,49?,50+,51?,52?,53-,54-,55-,56-,57-,58-,62-,63-/m0/s1. The molecule has 1 spiro atoms. The molecule has 3 N–H and O–H groups in total. The van der Waals surface area contributed by atoms with E-state index in [1.54, 1.807) is 39.8 Å². The topological polar surface area (TPSA) is 279 Å². The lowest BCUT2D eigenvalue weighted by Gasteiger charge is -2.54. The fourth-order valence-corrected chi connectivity index (χ4v) is 17.9. The van der Waals surface area contributed by atoms with Crippen LogP contribution in [0.15, 0.2) is 12.2 Å². The van der Waals surface area contributed by atoms with Gasteiger partial charge in [-0.25, -0.2) is 0 Å². The third kappa shape index (κ3) is 20.9. The molecule has 0 radical (unpaired) electrons. The Balaban J connectivity index is 1.32. The third-order valence-electron chi connectivity index (χ3n) is 23.9. The number of likely N-dealkylation sites (N-methyl/N-ethyl adjacent to an activating group) is 7. The minimum Gasteiger partial charge on any atom is -0.377 e. The molecule has 25 nitrogen and oxygen atoms in total. The zero-order valence-electron chi connectivity index (χ0n) is 64.4. The Morgan fingerprint density at radius 3 is 1.90 bits per heavy atom. The molecule has 7 aliphatic rings. The first kappa shape index (κ1) is 86.0. The van der Waals surface area contributed by atoms with E-state index in [0.717, 1.165) is 22.6 Å². The number of amides is 12. The molecule has 592 valence electrons. The van der Waals surface area contributed by atoms with Gasteiger partial charge in [0.15, 0.2) is 0 Å². The minimum atomic E-state index is -4.44. The monoisotopic (exact) mass is 1520 g/mol. The summed E-state index contributed by atoms with van der Waals surface area (Å²) in [6.45, 7) is 11.6. The van der Waals surface area contributed by atoms with E-state index in [-0.39, 0.29) is 120 Å². The lowest BCUT2D eigenvalue weighted by Crippen LogP contribution is -2.71. The Morgan fingerprint density at radius 2 is 1.31 bits per heavy atom. The number of hydrogen-bond donors (Lipinski definition) is 3. The molecule has 3 heterocycles. The van der Waals surface area contributed by atoms with Crippen molar-refractivity contribution in [3.63, 3.8) is 0 Å². The number of nitrogens with zero attached hydrogens (tertiary/aromatic N) is 9. The molecule has 7 rings (SSSR count). The summed E-state index contributed by atoms with van der Waals surface area (Å²) in [5.41, 5.74) is -2.12. The van der Waals surface area contributed by atoms with Crippen LogP contribution in [-0.2, 0) is 62.3 Å². The molecule has 0 aromatic carbocycles. The summed E-state index contributed by atoms with van der Waals surface area (Å²) >= 11 is 13.3. The van der Waals surface area contributed by atoms with Gasteiger partial charge in [-0.05, 0) is 152 Å². The van der Waals surface area contributed by atoms with Crippen LogP contribution in [0.25, 0.3) is 0 Å². The lowest BCUT2D eigenvalue weighted by molar-refractivity contribution is -0.184. The number of ether oxygens (including phenoxy) is 1. The number of carbonyl (C=O) groups is 12. The summed E-state index contributed by atoms with van der Waals surface area (Å²) in [5, 5.41) is 8.23. The molecule has 105 heavy (non-hydrogen) atoms. The van der Waals surface area contributed by atoms with Gasteiger partial charge in [0.25, 0.3) is 0 Å². The average Bonchev–Trinajstić information content (AvgIpc) is 1.35. The van der Waals surface area contributed by atoms with Gasteiger partial charge in [0.1, 0.15) is 53.9 Å². The molecule has 13 atom stereocenters. The van der Waals surface area contributed by atoms with Crippen LogP contribution in [0.1, 0.15) is 190 Å². The number of hydrogen-bond acceptors (Lipinski definition) is 13. The third-order valence-corrected chi connectivity index (χ3v) is 25.0. The molecular weight excluding hydrogens is 1400 g/mol. The minimum absolute atomic E-state index is 0.00194. The molecule has 2 bridgehead atoms. The van der Waals surface area contributed by atoms with Gasteiger partial charge in [0.05, 0.1) is 36.9 Å². The van der Waals surface area contributed by atoms with Crippen molar-refractivity contribution < 1.29 is 75.4 Å². The summed E-state index contributed by atoms with van der Waals surface area (Å²) in [4.78, 5) is 193. The second kappa shape index (κ2) is 37.2. The Morgan fingerprint density at radius 1 is 0.676 bits per heavy atom. The lowest BCUT2D eigenvalue weighted by atomic mass is 9.58. The van der Waals surface area contributed by atoms with E-state index >= 15 is 28.8 Å². The quantitative estimate of drug-likeness (QED) is 0.132. The molecule has 0 aromatic rings. The van der Waals surface area contributed by atoms with Crippen LogP contribution in [-0.4, -0.2) is 281 Å². The van der Waals surface area contributed by atoms with E-state index in [1.165, 1.54) is 83.6 Å². The molecule has 6 fully saturated rings. The smallest absolute Gasteiger partial charge is 0.377 e. The molecular formula is C75H119Cl2F3N12O13. The molecule has 12 amide bonds. The first-order chi connectivity index (χ1) is 49.3. The molecule has 4 saturated carbocycles. The van der Waals surface area contributed by atoms with Crippen LogP contribution in [0.4, 0.5) is 13.2 Å². The van der Waals surface area contributed by atoms with Crippen LogP contribution in [0.5, 0.6) is 0 Å². The molecule has 4 aliphatic carbocycles. The second-order valence-electron chi connectivity index (χ2n) is 32.0.